The van der Waals surface area contributed by atoms with Gasteiger partial charge in [-0.2, -0.15) is 18.4 Å². The topological polar surface area (TPSA) is 48.7 Å². The van der Waals surface area contributed by atoms with Gasteiger partial charge in [0.05, 0.1) is 16.5 Å². The van der Waals surface area contributed by atoms with Crippen LogP contribution in [0.25, 0.3) is 10.9 Å². The lowest BCUT2D eigenvalue weighted by molar-refractivity contribution is -0.182. The van der Waals surface area contributed by atoms with E-state index >= 15 is 0 Å². The van der Waals surface area contributed by atoms with Crippen molar-refractivity contribution in [3.05, 3.63) is 35.9 Å². The molecule has 3 nitrogen and oxygen atoms in total. The molecule has 0 aliphatic heterocycles. The molecule has 2 aromatic rings. The predicted molar refractivity (Wildman–Crippen MR) is 72.7 cm³/mol. The van der Waals surface area contributed by atoms with Crippen LogP contribution in [0.5, 0.6) is 0 Å². The lowest BCUT2D eigenvalue weighted by Gasteiger charge is -2.20. The molecule has 0 saturated heterocycles. The number of anilines is 1. The fourth-order valence-corrected chi connectivity index (χ4v) is 2.30. The summed E-state index contributed by atoms with van der Waals surface area (Å²) in [5.41, 5.74) is -0.755. The Morgan fingerprint density at radius 3 is 2.62 bits per heavy atom. The molecule has 21 heavy (non-hydrogen) atoms. The maximum atomic E-state index is 12.9. The van der Waals surface area contributed by atoms with Crippen molar-refractivity contribution in [1.29, 1.82) is 5.26 Å². The highest BCUT2D eigenvalue weighted by molar-refractivity contribution is 5.82. The summed E-state index contributed by atoms with van der Waals surface area (Å²) in [7, 11) is 0. The van der Waals surface area contributed by atoms with Crippen molar-refractivity contribution in [1.82, 2.24) is 4.98 Å². The zero-order chi connectivity index (χ0) is 15.1. The smallest absolute Gasteiger partial charge is 0.368 e. The van der Waals surface area contributed by atoms with Crippen LogP contribution >= 0.6 is 0 Å². The maximum absolute atomic E-state index is 12.9. The minimum atomic E-state index is -4.22. The van der Waals surface area contributed by atoms with Crippen LogP contribution in [-0.2, 0) is 0 Å². The van der Waals surface area contributed by atoms with Gasteiger partial charge in [0.15, 0.2) is 0 Å². The number of hydrogen-bond donors (Lipinski definition) is 1. The van der Waals surface area contributed by atoms with E-state index in [1.54, 1.807) is 18.2 Å². The summed E-state index contributed by atoms with van der Waals surface area (Å²) in [6.45, 7) is -0.240. The number of nitrogens with zero attached hydrogens (tertiary/aromatic N) is 2. The van der Waals surface area contributed by atoms with Gasteiger partial charge in [-0.05, 0) is 25.0 Å². The quantitative estimate of drug-likeness (QED) is 0.934. The average molecular weight is 291 g/mol. The number of para-hydroxylation sites is 1. The maximum Gasteiger partial charge on any atom is 0.396 e. The number of hydrogen-bond acceptors (Lipinski definition) is 3. The number of rotatable bonds is 3. The number of benzene rings is 1. The Morgan fingerprint density at radius 1 is 1.29 bits per heavy atom. The van der Waals surface area contributed by atoms with Crippen molar-refractivity contribution in [3.63, 3.8) is 0 Å². The molecule has 0 atom stereocenters. The first-order valence-electron chi connectivity index (χ1n) is 6.56. The fraction of sp³-hybridized carbons (Fsp3) is 0.333. The van der Waals surface area contributed by atoms with Crippen molar-refractivity contribution in [2.75, 3.05) is 11.9 Å². The number of pyridine rings is 1. The Morgan fingerprint density at radius 2 is 2.00 bits per heavy atom. The lowest BCUT2D eigenvalue weighted by atomic mass is 10.1. The minimum Gasteiger partial charge on any atom is -0.368 e. The van der Waals surface area contributed by atoms with Crippen LogP contribution in [0.4, 0.5) is 19.0 Å². The normalized spacial score (nSPS) is 16.5. The summed E-state index contributed by atoms with van der Waals surface area (Å²) in [5.74, 6) is 0.215. The molecule has 0 unspecified atom stereocenters. The molecule has 1 aliphatic carbocycles. The first-order valence-corrected chi connectivity index (χ1v) is 6.56. The van der Waals surface area contributed by atoms with Crippen molar-refractivity contribution in [2.45, 2.75) is 19.0 Å². The Hall–Kier alpha value is -2.29. The highest BCUT2D eigenvalue weighted by atomic mass is 19.4. The van der Waals surface area contributed by atoms with Gasteiger partial charge in [0.25, 0.3) is 0 Å². The SMILES string of the molecule is N#Cc1cc2ccccc2nc1NCC1(C(F)(F)F)CC1. The number of nitriles is 1. The van der Waals surface area contributed by atoms with Crippen LogP contribution in [0.3, 0.4) is 0 Å². The monoisotopic (exact) mass is 291 g/mol. The van der Waals surface area contributed by atoms with E-state index in [2.05, 4.69) is 10.3 Å². The third-order valence-electron chi connectivity index (χ3n) is 3.89. The van der Waals surface area contributed by atoms with Crippen LogP contribution in [0.2, 0.25) is 0 Å². The number of alkyl halides is 3. The van der Waals surface area contributed by atoms with Gasteiger partial charge in [0.1, 0.15) is 11.9 Å². The fourth-order valence-electron chi connectivity index (χ4n) is 2.30. The van der Waals surface area contributed by atoms with Crippen LogP contribution < -0.4 is 5.32 Å². The highest BCUT2D eigenvalue weighted by Gasteiger charge is 2.62. The van der Waals surface area contributed by atoms with Crippen molar-refractivity contribution in [2.24, 2.45) is 5.41 Å². The van der Waals surface area contributed by atoms with Gasteiger partial charge in [-0.1, -0.05) is 18.2 Å². The Balaban J connectivity index is 1.89. The zero-order valence-corrected chi connectivity index (χ0v) is 11.0. The number of halogens is 3. The molecule has 0 radical (unpaired) electrons. The minimum absolute atomic E-state index is 0.124. The number of nitrogens with one attached hydrogen (secondary N) is 1. The zero-order valence-electron chi connectivity index (χ0n) is 11.0. The second-order valence-electron chi connectivity index (χ2n) is 5.32. The van der Waals surface area contributed by atoms with Gasteiger partial charge >= 0.3 is 6.18 Å². The van der Waals surface area contributed by atoms with Crippen molar-refractivity contribution >= 4 is 16.7 Å². The van der Waals surface area contributed by atoms with E-state index in [0.717, 1.165) is 5.39 Å². The molecule has 0 spiro atoms. The third-order valence-corrected chi connectivity index (χ3v) is 3.89. The average Bonchev–Trinajstić information content (AvgIpc) is 3.25. The van der Waals surface area contributed by atoms with E-state index in [9.17, 15) is 13.2 Å². The molecule has 1 N–H and O–H groups in total. The predicted octanol–water partition coefficient (Wildman–Crippen LogP) is 3.86. The van der Waals surface area contributed by atoms with Gasteiger partial charge in [0, 0.05) is 11.9 Å². The molecular formula is C15H12F3N3. The Kier molecular flexibility index (Phi) is 3.01. The van der Waals surface area contributed by atoms with Gasteiger partial charge in [0.2, 0.25) is 0 Å². The summed E-state index contributed by atoms with van der Waals surface area (Å²) in [4.78, 5) is 4.26. The van der Waals surface area contributed by atoms with Crippen LogP contribution in [0, 0.1) is 16.7 Å². The molecule has 0 bridgehead atoms. The van der Waals surface area contributed by atoms with Gasteiger partial charge in [-0.15, -0.1) is 0 Å². The summed E-state index contributed by atoms with van der Waals surface area (Å²) in [6.07, 6.45) is -3.97. The summed E-state index contributed by atoms with van der Waals surface area (Å²) in [5, 5.41) is 12.6. The van der Waals surface area contributed by atoms with Crippen molar-refractivity contribution in [3.8, 4) is 6.07 Å². The van der Waals surface area contributed by atoms with E-state index in [0.29, 0.717) is 5.52 Å². The molecular weight excluding hydrogens is 279 g/mol. The Labute approximate surface area is 119 Å². The lowest BCUT2D eigenvalue weighted by Crippen LogP contribution is -2.31. The largest absolute Gasteiger partial charge is 0.396 e. The third kappa shape index (κ3) is 2.40. The van der Waals surface area contributed by atoms with E-state index in [1.165, 1.54) is 0 Å². The molecule has 108 valence electrons. The first kappa shape index (κ1) is 13.7. The van der Waals surface area contributed by atoms with Crippen LogP contribution in [-0.4, -0.2) is 17.7 Å². The molecule has 6 heteroatoms. The standard InChI is InChI=1S/C15H12F3N3/c16-15(17,18)14(5-6-14)9-20-13-11(8-19)7-10-3-1-2-4-12(10)21-13/h1-4,7H,5-6,9H2,(H,20,21). The molecule has 1 aromatic heterocycles. The molecule has 1 aromatic carbocycles. The van der Waals surface area contributed by atoms with E-state index in [4.69, 9.17) is 5.26 Å². The van der Waals surface area contributed by atoms with E-state index in [1.807, 2.05) is 18.2 Å². The van der Waals surface area contributed by atoms with E-state index in [-0.39, 0.29) is 30.8 Å². The highest BCUT2D eigenvalue weighted by Crippen LogP contribution is 2.57. The molecule has 0 amide bonds. The molecule has 1 aliphatic rings. The van der Waals surface area contributed by atoms with Gasteiger partial charge in [-0.25, -0.2) is 4.98 Å². The van der Waals surface area contributed by atoms with Gasteiger partial charge < -0.3 is 5.32 Å². The molecule has 1 saturated carbocycles. The molecule has 1 heterocycles. The first-order chi connectivity index (χ1) is 9.95. The molecule has 3 rings (SSSR count). The number of aromatic nitrogens is 1. The summed E-state index contributed by atoms with van der Waals surface area (Å²) >= 11 is 0. The molecule has 1 fully saturated rings. The second-order valence-corrected chi connectivity index (χ2v) is 5.32. The summed E-state index contributed by atoms with van der Waals surface area (Å²) in [6, 6.07) is 10.8. The van der Waals surface area contributed by atoms with Crippen LogP contribution in [0.15, 0.2) is 30.3 Å². The second kappa shape index (κ2) is 4.62. The summed E-state index contributed by atoms with van der Waals surface area (Å²) < 4.78 is 38.7. The van der Waals surface area contributed by atoms with Crippen molar-refractivity contribution < 1.29 is 13.2 Å². The van der Waals surface area contributed by atoms with Crippen LogP contribution in [0.1, 0.15) is 18.4 Å². The van der Waals surface area contributed by atoms with E-state index < -0.39 is 11.6 Å². The van der Waals surface area contributed by atoms with Gasteiger partial charge in [-0.3, -0.25) is 0 Å². The Bertz CT molecular complexity index is 727. The number of fused-ring (bicyclic) bond motifs is 1.